The van der Waals surface area contributed by atoms with E-state index < -0.39 is 0 Å². The van der Waals surface area contributed by atoms with E-state index in [0.717, 1.165) is 33.1 Å². The molecular formula is C24H24N4OS2. The first kappa shape index (κ1) is 21.2. The number of amides is 1. The lowest BCUT2D eigenvalue weighted by Gasteiger charge is -2.21. The zero-order valence-electron chi connectivity index (χ0n) is 17.9. The summed E-state index contributed by atoms with van der Waals surface area (Å²) in [6, 6.07) is 13.2. The molecule has 0 saturated heterocycles. The quantitative estimate of drug-likeness (QED) is 0.364. The first-order valence-electron chi connectivity index (χ1n) is 9.99. The number of rotatable bonds is 6. The number of hydrogen-bond donors (Lipinski definition) is 2. The molecule has 0 unspecified atom stereocenters. The molecule has 31 heavy (non-hydrogen) atoms. The normalized spacial score (nSPS) is 11.9. The van der Waals surface area contributed by atoms with Crippen molar-refractivity contribution in [2.24, 2.45) is 0 Å². The second kappa shape index (κ2) is 8.99. The van der Waals surface area contributed by atoms with Gasteiger partial charge in [-0.05, 0) is 73.8 Å². The van der Waals surface area contributed by atoms with Crippen LogP contribution in [0.2, 0.25) is 0 Å². The molecule has 1 atom stereocenters. The maximum absolute atomic E-state index is 12.9. The maximum atomic E-state index is 12.9. The Kier molecular flexibility index (Phi) is 6.15. The fourth-order valence-electron chi connectivity index (χ4n) is 3.53. The predicted octanol–water partition coefficient (Wildman–Crippen LogP) is 6.29. The molecule has 1 aromatic carbocycles. The van der Waals surface area contributed by atoms with Gasteiger partial charge in [-0.2, -0.15) is 11.3 Å². The Morgan fingerprint density at radius 3 is 2.35 bits per heavy atom. The van der Waals surface area contributed by atoms with Crippen LogP contribution < -0.4 is 10.6 Å². The molecule has 0 saturated carbocycles. The molecule has 4 rings (SSSR count). The Hall–Kier alpha value is -3.03. The highest BCUT2D eigenvalue weighted by atomic mass is 32.1. The second-order valence-corrected chi connectivity index (χ2v) is 9.46. The van der Waals surface area contributed by atoms with Crippen LogP contribution in [0.15, 0.2) is 53.2 Å². The summed E-state index contributed by atoms with van der Waals surface area (Å²) >= 11 is 3.24. The SMILES string of the molecule is Cc1cc(C)nc(N[C@H](c2ccsc2)c2c(NC(=O)c3ccccc3)sc(C)c2C)n1. The third-order valence-corrected chi connectivity index (χ3v) is 6.96. The Morgan fingerprint density at radius 1 is 1.00 bits per heavy atom. The number of nitrogens with zero attached hydrogens (tertiary/aromatic N) is 2. The van der Waals surface area contributed by atoms with E-state index in [4.69, 9.17) is 0 Å². The summed E-state index contributed by atoms with van der Waals surface area (Å²) in [5.41, 5.74) is 5.78. The standard InChI is InChI=1S/C24H24N4OS2/c1-14-12-15(2)26-24(25-14)27-21(19-10-11-30-13-19)20-16(3)17(4)31-23(20)28-22(29)18-8-6-5-7-9-18/h5-13,21H,1-4H3,(H,28,29)(H,25,26,27)/t21-/m1/s1. The summed E-state index contributed by atoms with van der Waals surface area (Å²) in [4.78, 5) is 23.2. The van der Waals surface area contributed by atoms with Crippen molar-refractivity contribution >= 4 is 39.5 Å². The molecule has 0 radical (unpaired) electrons. The van der Waals surface area contributed by atoms with Crippen molar-refractivity contribution in [1.82, 2.24) is 9.97 Å². The fourth-order valence-corrected chi connectivity index (χ4v) is 5.31. The largest absolute Gasteiger partial charge is 0.343 e. The molecule has 0 aliphatic heterocycles. The van der Waals surface area contributed by atoms with Gasteiger partial charge in [0.2, 0.25) is 5.95 Å². The Labute approximate surface area is 190 Å². The Bertz CT molecular complexity index is 1180. The lowest BCUT2D eigenvalue weighted by Crippen LogP contribution is -2.18. The summed E-state index contributed by atoms with van der Waals surface area (Å²) in [6.07, 6.45) is 0. The molecule has 3 aromatic heterocycles. The predicted molar refractivity (Wildman–Crippen MR) is 129 cm³/mol. The average molecular weight is 449 g/mol. The van der Waals surface area contributed by atoms with E-state index >= 15 is 0 Å². The lowest BCUT2D eigenvalue weighted by atomic mass is 9.98. The number of benzene rings is 1. The van der Waals surface area contributed by atoms with Gasteiger partial charge in [0.15, 0.2) is 0 Å². The number of aryl methyl sites for hydroxylation is 3. The third kappa shape index (κ3) is 4.68. The minimum absolute atomic E-state index is 0.116. The highest BCUT2D eigenvalue weighted by molar-refractivity contribution is 7.16. The van der Waals surface area contributed by atoms with Crippen molar-refractivity contribution in [3.8, 4) is 0 Å². The van der Waals surface area contributed by atoms with E-state index in [1.807, 2.05) is 50.2 Å². The van der Waals surface area contributed by atoms with Crippen LogP contribution in [0.5, 0.6) is 0 Å². The van der Waals surface area contributed by atoms with Crippen molar-refractivity contribution in [1.29, 1.82) is 0 Å². The molecule has 2 N–H and O–H groups in total. The molecule has 0 spiro atoms. The highest BCUT2D eigenvalue weighted by Gasteiger charge is 2.26. The van der Waals surface area contributed by atoms with Gasteiger partial charge in [-0.1, -0.05) is 18.2 Å². The Balaban J connectivity index is 1.75. The minimum atomic E-state index is -0.177. The first-order valence-corrected chi connectivity index (χ1v) is 11.8. The van der Waals surface area contributed by atoms with Gasteiger partial charge in [-0.15, -0.1) is 11.3 Å². The lowest BCUT2D eigenvalue weighted by molar-refractivity contribution is 0.102. The molecule has 4 aromatic rings. The number of anilines is 2. The van der Waals surface area contributed by atoms with Gasteiger partial charge < -0.3 is 10.6 Å². The summed E-state index contributed by atoms with van der Waals surface area (Å²) in [6.45, 7) is 8.11. The van der Waals surface area contributed by atoms with Gasteiger partial charge >= 0.3 is 0 Å². The zero-order chi connectivity index (χ0) is 22.0. The summed E-state index contributed by atoms with van der Waals surface area (Å²) in [7, 11) is 0. The van der Waals surface area contributed by atoms with Crippen LogP contribution in [0.1, 0.15) is 49.4 Å². The van der Waals surface area contributed by atoms with E-state index in [9.17, 15) is 4.79 Å². The highest BCUT2D eigenvalue weighted by Crippen LogP contribution is 2.41. The minimum Gasteiger partial charge on any atom is -0.343 e. The average Bonchev–Trinajstić information content (AvgIpc) is 3.36. The van der Waals surface area contributed by atoms with Crippen LogP contribution in [0.4, 0.5) is 10.9 Å². The number of aromatic nitrogens is 2. The third-order valence-electron chi connectivity index (χ3n) is 5.12. The number of hydrogen-bond acceptors (Lipinski definition) is 6. The maximum Gasteiger partial charge on any atom is 0.256 e. The van der Waals surface area contributed by atoms with Crippen LogP contribution in [0.3, 0.4) is 0 Å². The molecule has 0 aliphatic rings. The molecular weight excluding hydrogens is 424 g/mol. The van der Waals surface area contributed by atoms with Crippen LogP contribution in [-0.2, 0) is 0 Å². The summed E-state index contributed by atoms with van der Waals surface area (Å²) in [5.74, 6) is 0.465. The van der Waals surface area contributed by atoms with Crippen molar-refractivity contribution in [2.75, 3.05) is 10.6 Å². The van der Waals surface area contributed by atoms with E-state index in [0.29, 0.717) is 11.5 Å². The number of carbonyl (C=O) groups excluding carboxylic acids is 1. The molecule has 0 bridgehead atoms. The van der Waals surface area contributed by atoms with E-state index in [-0.39, 0.29) is 11.9 Å². The molecule has 0 fully saturated rings. The van der Waals surface area contributed by atoms with Gasteiger partial charge in [0, 0.05) is 27.4 Å². The van der Waals surface area contributed by atoms with Crippen LogP contribution in [-0.4, -0.2) is 15.9 Å². The number of carbonyl (C=O) groups is 1. The molecule has 5 nitrogen and oxygen atoms in total. The topological polar surface area (TPSA) is 66.9 Å². The van der Waals surface area contributed by atoms with Crippen LogP contribution in [0, 0.1) is 27.7 Å². The van der Waals surface area contributed by atoms with Gasteiger partial charge in [0.25, 0.3) is 5.91 Å². The van der Waals surface area contributed by atoms with E-state index in [1.54, 1.807) is 22.7 Å². The van der Waals surface area contributed by atoms with Crippen LogP contribution in [0.25, 0.3) is 0 Å². The van der Waals surface area contributed by atoms with Crippen molar-refractivity contribution in [2.45, 2.75) is 33.7 Å². The van der Waals surface area contributed by atoms with Crippen molar-refractivity contribution in [3.63, 3.8) is 0 Å². The smallest absolute Gasteiger partial charge is 0.256 e. The number of nitrogens with one attached hydrogen (secondary N) is 2. The summed E-state index contributed by atoms with van der Waals surface area (Å²) < 4.78 is 0. The molecule has 3 heterocycles. The van der Waals surface area contributed by atoms with E-state index in [1.165, 1.54) is 4.88 Å². The first-order chi connectivity index (χ1) is 14.9. The van der Waals surface area contributed by atoms with E-state index in [2.05, 4.69) is 51.3 Å². The number of thiophene rings is 2. The second-order valence-electron chi connectivity index (χ2n) is 7.45. The molecule has 7 heteroatoms. The van der Waals surface area contributed by atoms with Gasteiger partial charge in [0.05, 0.1) is 6.04 Å². The fraction of sp³-hybridized carbons (Fsp3) is 0.208. The van der Waals surface area contributed by atoms with Gasteiger partial charge in [-0.25, -0.2) is 9.97 Å². The molecule has 0 aliphatic carbocycles. The molecule has 1 amide bonds. The van der Waals surface area contributed by atoms with Crippen molar-refractivity contribution < 1.29 is 4.79 Å². The zero-order valence-corrected chi connectivity index (χ0v) is 19.5. The summed E-state index contributed by atoms with van der Waals surface area (Å²) in [5, 5.41) is 11.7. The van der Waals surface area contributed by atoms with Crippen LogP contribution >= 0.6 is 22.7 Å². The molecule has 158 valence electrons. The monoisotopic (exact) mass is 448 g/mol. The van der Waals surface area contributed by atoms with Crippen molar-refractivity contribution in [3.05, 3.63) is 91.7 Å². The Morgan fingerprint density at radius 2 is 1.71 bits per heavy atom. The van der Waals surface area contributed by atoms with Gasteiger partial charge in [0.1, 0.15) is 5.00 Å². The van der Waals surface area contributed by atoms with Gasteiger partial charge in [-0.3, -0.25) is 4.79 Å².